The van der Waals surface area contributed by atoms with Gasteiger partial charge in [0.1, 0.15) is 12.4 Å². The first-order valence-electron chi connectivity index (χ1n) is 9.70. The smallest absolute Gasteiger partial charge is 0.243 e. The summed E-state index contributed by atoms with van der Waals surface area (Å²) in [7, 11) is -3.53. The number of carbonyl (C=O) groups is 1. The first-order chi connectivity index (χ1) is 14.4. The van der Waals surface area contributed by atoms with Gasteiger partial charge in [-0.15, -0.1) is 11.8 Å². The molecule has 30 heavy (non-hydrogen) atoms. The maximum Gasteiger partial charge on any atom is 0.243 e. The van der Waals surface area contributed by atoms with Crippen LogP contribution < -0.4 is 10.1 Å². The number of nitrogens with zero attached hydrogens (tertiary/aromatic N) is 1. The average molecular weight is 469 g/mol. The van der Waals surface area contributed by atoms with Crippen LogP contribution in [0.4, 0.5) is 0 Å². The zero-order valence-electron chi connectivity index (χ0n) is 16.7. The zero-order valence-corrected chi connectivity index (χ0v) is 19.1. The molecule has 0 unspecified atom stereocenters. The number of ether oxygens (including phenoxy) is 1. The van der Waals surface area contributed by atoms with Crippen molar-refractivity contribution in [2.24, 2.45) is 5.92 Å². The topological polar surface area (TPSA) is 75.7 Å². The lowest BCUT2D eigenvalue weighted by molar-refractivity contribution is -0.126. The van der Waals surface area contributed by atoms with E-state index in [1.165, 1.54) is 4.31 Å². The van der Waals surface area contributed by atoms with E-state index in [0.29, 0.717) is 54.8 Å². The minimum Gasteiger partial charge on any atom is -0.492 e. The molecule has 0 bridgehead atoms. The summed E-state index contributed by atoms with van der Waals surface area (Å²) in [5, 5.41) is 3.51. The Labute approximate surface area is 187 Å². The van der Waals surface area contributed by atoms with Gasteiger partial charge in [-0.05, 0) is 67.6 Å². The average Bonchev–Trinajstić information content (AvgIpc) is 2.78. The fraction of sp³-hybridized carbons (Fsp3) is 0.381. The summed E-state index contributed by atoms with van der Waals surface area (Å²) in [6.07, 6.45) is 2.96. The Morgan fingerprint density at radius 1 is 1.13 bits per heavy atom. The number of hydrogen-bond donors (Lipinski definition) is 1. The lowest BCUT2D eigenvalue weighted by Crippen LogP contribution is -2.43. The number of rotatable bonds is 8. The zero-order chi connectivity index (χ0) is 21.6. The summed E-state index contributed by atoms with van der Waals surface area (Å²) in [6.45, 7) is 1.42. The fourth-order valence-electron chi connectivity index (χ4n) is 3.27. The van der Waals surface area contributed by atoms with Gasteiger partial charge in [-0.1, -0.05) is 11.6 Å². The van der Waals surface area contributed by atoms with Crippen LogP contribution in [0.15, 0.2) is 58.3 Å². The van der Waals surface area contributed by atoms with Crippen molar-refractivity contribution < 1.29 is 17.9 Å². The molecule has 3 rings (SSSR count). The molecule has 0 aromatic heterocycles. The van der Waals surface area contributed by atoms with Crippen molar-refractivity contribution in [2.75, 3.05) is 32.5 Å². The molecule has 1 aliphatic heterocycles. The number of thioether (sulfide) groups is 1. The number of carbonyl (C=O) groups excluding carboxylic acids is 1. The molecule has 2 aromatic rings. The van der Waals surface area contributed by atoms with Crippen molar-refractivity contribution in [3.8, 4) is 5.75 Å². The first kappa shape index (κ1) is 22.9. The Hall–Kier alpha value is -1.74. The summed E-state index contributed by atoms with van der Waals surface area (Å²) in [6, 6.07) is 13.9. The fourth-order valence-corrected chi connectivity index (χ4v) is 5.28. The number of benzene rings is 2. The predicted octanol–water partition coefficient (Wildman–Crippen LogP) is 3.66. The highest BCUT2D eigenvalue weighted by atomic mass is 35.5. The van der Waals surface area contributed by atoms with E-state index in [2.05, 4.69) is 5.32 Å². The van der Waals surface area contributed by atoms with Gasteiger partial charge in [0.25, 0.3) is 0 Å². The van der Waals surface area contributed by atoms with Crippen LogP contribution in [0.1, 0.15) is 12.8 Å². The molecular formula is C21H25ClN2O4S2. The number of nitrogens with one attached hydrogen (secondary N) is 1. The normalized spacial score (nSPS) is 15.7. The minimum absolute atomic E-state index is 0.0592. The van der Waals surface area contributed by atoms with Gasteiger partial charge in [-0.2, -0.15) is 4.31 Å². The molecule has 9 heteroatoms. The van der Waals surface area contributed by atoms with E-state index in [9.17, 15) is 13.2 Å². The van der Waals surface area contributed by atoms with E-state index in [1.54, 1.807) is 48.2 Å². The second-order valence-electron chi connectivity index (χ2n) is 6.95. The molecule has 0 radical (unpaired) electrons. The molecule has 1 amide bonds. The molecule has 162 valence electrons. The highest BCUT2D eigenvalue weighted by Gasteiger charge is 2.31. The largest absolute Gasteiger partial charge is 0.492 e. The number of amides is 1. The standard InChI is InChI=1S/C21H25ClN2O4S2/c1-29-19-6-8-20(9-7-19)30(26,27)24-13-10-16(11-14-24)21(25)23-12-15-28-18-4-2-17(22)3-5-18/h2-9,16H,10-15H2,1H3,(H,23,25). The van der Waals surface area contributed by atoms with Crippen molar-refractivity contribution in [3.63, 3.8) is 0 Å². The number of hydrogen-bond acceptors (Lipinski definition) is 5. The first-order valence-corrected chi connectivity index (χ1v) is 12.7. The molecule has 1 saturated heterocycles. The van der Waals surface area contributed by atoms with Crippen molar-refractivity contribution in [1.29, 1.82) is 0 Å². The van der Waals surface area contributed by atoms with Gasteiger partial charge in [0.15, 0.2) is 0 Å². The van der Waals surface area contributed by atoms with Crippen LogP contribution in [-0.2, 0) is 14.8 Å². The molecule has 0 saturated carbocycles. The van der Waals surface area contributed by atoms with Gasteiger partial charge in [0, 0.05) is 28.9 Å². The van der Waals surface area contributed by atoms with Gasteiger partial charge >= 0.3 is 0 Å². The maximum absolute atomic E-state index is 12.8. The number of piperidine rings is 1. The van der Waals surface area contributed by atoms with Gasteiger partial charge < -0.3 is 10.1 Å². The second-order valence-corrected chi connectivity index (χ2v) is 10.2. The summed E-state index contributed by atoms with van der Waals surface area (Å²) >= 11 is 7.40. The Kier molecular flexibility index (Phi) is 8.05. The maximum atomic E-state index is 12.8. The van der Waals surface area contributed by atoms with Crippen LogP contribution in [0.2, 0.25) is 5.02 Å². The van der Waals surface area contributed by atoms with Gasteiger partial charge in [-0.3, -0.25) is 4.79 Å². The molecule has 1 heterocycles. The van der Waals surface area contributed by atoms with E-state index < -0.39 is 10.0 Å². The van der Waals surface area contributed by atoms with E-state index >= 15 is 0 Å². The minimum atomic E-state index is -3.53. The lowest BCUT2D eigenvalue weighted by atomic mass is 9.97. The van der Waals surface area contributed by atoms with Crippen molar-refractivity contribution in [3.05, 3.63) is 53.6 Å². The SMILES string of the molecule is CSc1ccc(S(=O)(=O)N2CCC(C(=O)NCCOc3ccc(Cl)cc3)CC2)cc1. The molecule has 0 aliphatic carbocycles. The van der Waals surface area contributed by atoms with E-state index in [4.69, 9.17) is 16.3 Å². The van der Waals surface area contributed by atoms with E-state index in [0.717, 1.165) is 4.90 Å². The van der Waals surface area contributed by atoms with Crippen LogP contribution in [0.3, 0.4) is 0 Å². The van der Waals surface area contributed by atoms with Crippen molar-refractivity contribution in [2.45, 2.75) is 22.6 Å². The summed E-state index contributed by atoms with van der Waals surface area (Å²) in [5.74, 6) is 0.444. The van der Waals surface area contributed by atoms with Crippen LogP contribution in [0.25, 0.3) is 0 Å². The quantitative estimate of drug-likeness (QED) is 0.472. The van der Waals surface area contributed by atoms with Crippen LogP contribution in [-0.4, -0.2) is 51.1 Å². The Morgan fingerprint density at radius 3 is 2.37 bits per heavy atom. The Bertz CT molecular complexity index is 942. The molecular weight excluding hydrogens is 444 g/mol. The predicted molar refractivity (Wildman–Crippen MR) is 120 cm³/mol. The molecule has 1 N–H and O–H groups in total. The number of sulfonamides is 1. The molecule has 1 aliphatic rings. The molecule has 2 aromatic carbocycles. The molecule has 0 spiro atoms. The van der Waals surface area contributed by atoms with Gasteiger partial charge in [0.05, 0.1) is 11.4 Å². The molecule has 1 fully saturated rings. The van der Waals surface area contributed by atoms with Crippen LogP contribution in [0, 0.1) is 5.92 Å². The van der Waals surface area contributed by atoms with E-state index in [-0.39, 0.29) is 11.8 Å². The van der Waals surface area contributed by atoms with Crippen LogP contribution >= 0.6 is 23.4 Å². The third-order valence-corrected chi connectivity index (χ3v) is 7.91. The van der Waals surface area contributed by atoms with Gasteiger partial charge in [-0.25, -0.2) is 8.42 Å². The Balaban J connectivity index is 1.43. The summed E-state index contributed by atoms with van der Waals surface area (Å²) in [5.41, 5.74) is 0. The summed E-state index contributed by atoms with van der Waals surface area (Å²) < 4.78 is 32.7. The lowest BCUT2D eigenvalue weighted by Gasteiger charge is -2.30. The third kappa shape index (κ3) is 5.91. The number of halogens is 1. The highest BCUT2D eigenvalue weighted by molar-refractivity contribution is 7.98. The van der Waals surface area contributed by atoms with Gasteiger partial charge in [0.2, 0.25) is 15.9 Å². The summed E-state index contributed by atoms with van der Waals surface area (Å²) in [4.78, 5) is 13.7. The molecule has 0 atom stereocenters. The van der Waals surface area contributed by atoms with E-state index in [1.807, 2.05) is 18.4 Å². The second kappa shape index (κ2) is 10.5. The Morgan fingerprint density at radius 2 is 1.77 bits per heavy atom. The highest BCUT2D eigenvalue weighted by Crippen LogP contribution is 2.25. The third-order valence-electron chi connectivity index (χ3n) is 5.01. The van der Waals surface area contributed by atoms with Crippen LogP contribution in [0.5, 0.6) is 5.75 Å². The van der Waals surface area contributed by atoms with Crippen molar-refractivity contribution in [1.82, 2.24) is 9.62 Å². The monoisotopic (exact) mass is 468 g/mol. The molecule has 6 nitrogen and oxygen atoms in total. The van der Waals surface area contributed by atoms with Crippen molar-refractivity contribution >= 4 is 39.3 Å².